The monoisotopic (exact) mass is 394 g/mol. The molecule has 2 N–H and O–H groups in total. The van der Waals surface area contributed by atoms with Crippen LogP contribution >= 0.6 is 15.9 Å². The largest absolute Gasteiger partial charge is 0.289 e. The molecule has 0 unspecified atom stereocenters. The first kappa shape index (κ1) is 15.8. The van der Waals surface area contributed by atoms with Crippen molar-refractivity contribution in [2.24, 2.45) is 5.10 Å². The number of rotatable bonds is 3. The molecule has 0 atom stereocenters. The Morgan fingerprint density at radius 2 is 1.96 bits per heavy atom. The molecule has 0 spiro atoms. The lowest BCUT2D eigenvalue weighted by molar-refractivity contribution is 0.0949. The van der Waals surface area contributed by atoms with Crippen LogP contribution in [0.3, 0.4) is 0 Å². The molecule has 1 amide bonds. The first-order chi connectivity index (χ1) is 12.2. The Hall–Kier alpha value is -2.73. The van der Waals surface area contributed by atoms with E-state index in [-0.39, 0.29) is 5.91 Å². The number of fused-ring (bicyclic) bond motifs is 3. The van der Waals surface area contributed by atoms with Gasteiger partial charge < -0.3 is 0 Å². The van der Waals surface area contributed by atoms with Gasteiger partial charge in [0, 0.05) is 21.2 Å². The van der Waals surface area contributed by atoms with Crippen molar-refractivity contribution in [3.63, 3.8) is 0 Å². The second-order valence-electron chi connectivity index (χ2n) is 5.80. The predicted molar refractivity (Wildman–Crippen MR) is 101 cm³/mol. The van der Waals surface area contributed by atoms with E-state index in [1.807, 2.05) is 42.5 Å². The molecule has 4 rings (SSSR count). The molecule has 25 heavy (non-hydrogen) atoms. The molecule has 6 heteroatoms. The molecule has 5 nitrogen and oxygen atoms in total. The molecule has 1 heterocycles. The van der Waals surface area contributed by atoms with Gasteiger partial charge in [0.1, 0.15) is 5.69 Å². The summed E-state index contributed by atoms with van der Waals surface area (Å²) >= 11 is 3.45. The van der Waals surface area contributed by atoms with Crippen molar-refractivity contribution in [2.75, 3.05) is 0 Å². The zero-order valence-corrected chi connectivity index (χ0v) is 14.9. The lowest BCUT2D eigenvalue weighted by Gasteiger charge is -2.15. The number of halogens is 1. The number of amides is 1. The molecule has 0 fully saturated rings. The average molecular weight is 395 g/mol. The first-order valence-corrected chi connectivity index (χ1v) is 8.77. The number of hydrogen-bond donors (Lipinski definition) is 2. The molecule has 0 radical (unpaired) electrons. The van der Waals surface area contributed by atoms with Crippen LogP contribution in [-0.4, -0.2) is 22.3 Å². The predicted octanol–water partition coefficient (Wildman–Crippen LogP) is 3.70. The number of carbonyl (C=O) groups is 1. The highest BCUT2D eigenvalue weighted by Crippen LogP contribution is 2.33. The Morgan fingerprint density at radius 1 is 1.16 bits per heavy atom. The Kier molecular flexibility index (Phi) is 4.19. The zero-order chi connectivity index (χ0) is 17.2. The third-order valence-corrected chi connectivity index (χ3v) is 5.01. The summed E-state index contributed by atoms with van der Waals surface area (Å²) in [5, 5.41) is 11.3. The van der Waals surface area contributed by atoms with Crippen molar-refractivity contribution in [3.8, 4) is 11.3 Å². The molecule has 3 aromatic rings. The second kappa shape index (κ2) is 6.64. The minimum Gasteiger partial charge on any atom is -0.272 e. The van der Waals surface area contributed by atoms with Gasteiger partial charge in [0.05, 0.1) is 11.9 Å². The number of nitrogens with zero attached hydrogens (tertiary/aromatic N) is 2. The topological polar surface area (TPSA) is 70.1 Å². The van der Waals surface area contributed by atoms with E-state index in [4.69, 9.17) is 0 Å². The molecule has 124 valence electrons. The zero-order valence-electron chi connectivity index (χ0n) is 13.3. The standard InChI is InChI=1S/C19H15BrN4O/c20-16-8-4-2-6-13(16)11-21-24-19(25)18-15-10-9-12-5-1-3-7-14(12)17(15)22-23-18/h1-8,11H,9-10H2,(H,22,23)(H,24,25)/b21-11+. The number of benzene rings is 2. The van der Waals surface area contributed by atoms with Crippen LogP contribution < -0.4 is 5.43 Å². The quantitative estimate of drug-likeness (QED) is 0.525. The molecule has 1 aliphatic rings. The van der Waals surface area contributed by atoms with E-state index in [0.717, 1.165) is 39.7 Å². The molecule has 1 aromatic heterocycles. The summed E-state index contributed by atoms with van der Waals surface area (Å²) < 4.78 is 0.920. The van der Waals surface area contributed by atoms with Gasteiger partial charge in [-0.25, -0.2) is 5.43 Å². The van der Waals surface area contributed by atoms with Gasteiger partial charge in [-0.2, -0.15) is 10.2 Å². The lowest BCUT2D eigenvalue weighted by Crippen LogP contribution is -2.20. The normalized spacial score (nSPS) is 12.7. The summed E-state index contributed by atoms with van der Waals surface area (Å²) in [5.74, 6) is -0.281. The maximum Gasteiger partial charge on any atom is 0.289 e. The molecule has 1 aliphatic carbocycles. The van der Waals surface area contributed by atoms with E-state index in [1.54, 1.807) is 6.21 Å². The fourth-order valence-corrected chi connectivity index (χ4v) is 3.43. The summed E-state index contributed by atoms with van der Waals surface area (Å²) in [6.45, 7) is 0. The smallest absolute Gasteiger partial charge is 0.272 e. The Bertz CT molecular complexity index is 977. The maximum atomic E-state index is 12.5. The first-order valence-electron chi connectivity index (χ1n) is 7.97. The minimum atomic E-state index is -0.281. The number of carbonyl (C=O) groups excluding carboxylic acids is 1. The number of hydrazone groups is 1. The van der Waals surface area contributed by atoms with Crippen LogP contribution in [0.4, 0.5) is 0 Å². The van der Waals surface area contributed by atoms with E-state index >= 15 is 0 Å². The van der Waals surface area contributed by atoms with Gasteiger partial charge in [-0.05, 0) is 24.5 Å². The highest BCUT2D eigenvalue weighted by Gasteiger charge is 2.24. The van der Waals surface area contributed by atoms with E-state index in [1.165, 1.54) is 5.56 Å². The summed E-state index contributed by atoms with van der Waals surface area (Å²) in [6.07, 6.45) is 3.31. The van der Waals surface area contributed by atoms with Gasteiger partial charge in [0.15, 0.2) is 0 Å². The van der Waals surface area contributed by atoms with Crippen molar-refractivity contribution in [2.45, 2.75) is 12.8 Å². The molecular weight excluding hydrogens is 380 g/mol. The lowest BCUT2D eigenvalue weighted by atomic mass is 9.89. The summed E-state index contributed by atoms with van der Waals surface area (Å²) in [6, 6.07) is 15.8. The van der Waals surface area contributed by atoms with Gasteiger partial charge in [0.25, 0.3) is 5.91 Å². The van der Waals surface area contributed by atoms with Crippen molar-refractivity contribution < 1.29 is 4.79 Å². The third kappa shape index (κ3) is 3.00. The van der Waals surface area contributed by atoms with E-state index in [9.17, 15) is 4.79 Å². The van der Waals surface area contributed by atoms with Crippen molar-refractivity contribution in [3.05, 3.63) is 75.4 Å². The Balaban J connectivity index is 1.55. The van der Waals surface area contributed by atoms with Gasteiger partial charge in [-0.1, -0.05) is 58.4 Å². The van der Waals surface area contributed by atoms with Crippen LogP contribution in [-0.2, 0) is 12.8 Å². The van der Waals surface area contributed by atoms with E-state index < -0.39 is 0 Å². The second-order valence-corrected chi connectivity index (χ2v) is 6.66. The fourth-order valence-electron chi connectivity index (χ4n) is 3.04. The highest BCUT2D eigenvalue weighted by molar-refractivity contribution is 9.10. The summed E-state index contributed by atoms with van der Waals surface area (Å²) in [4.78, 5) is 12.5. The van der Waals surface area contributed by atoms with Gasteiger partial charge in [0.2, 0.25) is 0 Å². The number of aromatic nitrogens is 2. The molecule has 0 aliphatic heterocycles. The highest BCUT2D eigenvalue weighted by atomic mass is 79.9. The Labute approximate surface area is 153 Å². The van der Waals surface area contributed by atoms with Crippen molar-refractivity contribution in [1.82, 2.24) is 15.6 Å². The fraction of sp³-hybridized carbons (Fsp3) is 0.105. The van der Waals surface area contributed by atoms with Gasteiger partial charge >= 0.3 is 0 Å². The molecular formula is C19H15BrN4O. The van der Waals surface area contributed by atoms with Crippen LogP contribution in [0.1, 0.15) is 27.2 Å². The van der Waals surface area contributed by atoms with Crippen molar-refractivity contribution in [1.29, 1.82) is 0 Å². The number of aromatic amines is 1. The maximum absolute atomic E-state index is 12.5. The number of H-pyrrole nitrogens is 1. The number of hydrogen-bond acceptors (Lipinski definition) is 3. The number of aryl methyl sites for hydroxylation is 1. The van der Waals surface area contributed by atoms with Gasteiger partial charge in [-0.3, -0.25) is 9.89 Å². The SMILES string of the molecule is O=C(N/N=C/c1ccccc1Br)c1[nH]nc2c1CCc1ccccc1-2. The number of nitrogens with one attached hydrogen (secondary N) is 2. The van der Waals surface area contributed by atoms with E-state index in [0.29, 0.717) is 5.69 Å². The van der Waals surface area contributed by atoms with Crippen molar-refractivity contribution >= 4 is 28.1 Å². The van der Waals surface area contributed by atoms with Crippen LogP contribution in [0, 0.1) is 0 Å². The third-order valence-electron chi connectivity index (χ3n) is 4.29. The van der Waals surface area contributed by atoms with Crippen LogP contribution in [0.15, 0.2) is 58.1 Å². The Morgan fingerprint density at radius 3 is 2.84 bits per heavy atom. The minimum absolute atomic E-state index is 0.281. The van der Waals surface area contributed by atoms with Crippen LogP contribution in [0.2, 0.25) is 0 Å². The van der Waals surface area contributed by atoms with Crippen LogP contribution in [0.5, 0.6) is 0 Å². The molecule has 0 saturated heterocycles. The summed E-state index contributed by atoms with van der Waals surface area (Å²) in [5.41, 5.74) is 8.12. The molecule has 0 bridgehead atoms. The summed E-state index contributed by atoms with van der Waals surface area (Å²) in [7, 11) is 0. The molecule has 2 aromatic carbocycles. The van der Waals surface area contributed by atoms with E-state index in [2.05, 4.69) is 42.7 Å². The van der Waals surface area contributed by atoms with Gasteiger partial charge in [-0.15, -0.1) is 0 Å². The average Bonchev–Trinajstić information content (AvgIpc) is 3.08. The molecule has 0 saturated carbocycles. The van der Waals surface area contributed by atoms with Crippen LogP contribution in [0.25, 0.3) is 11.3 Å².